The molecule has 0 aliphatic carbocycles. The summed E-state index contributed by atoms with van der Waals surface area (Å²) in [7, 11) is 0. The van der Waals surface area contributed by atoms with Crippen molar-refractivity contribution in [3.8, 4) is 0 Å². The van der Waals surface area contributed by atoms with Crippen LogP contribution in [0.1, 0.15) is 245 Å². The van der Waals surface area contributed by atoms with E-state index in [9.17, 15) is 15.0 Å². The number of hydrogen-bond donors (Lipinski definition) is 3. The van der Waals surface area contributed by atoms with E-state index in [-0.39, 0.29) is 12.5 Å². The summed E-state index contributed by atoms with van der Waals surface area (Å²) in [4.78, 5) is 12.4. The van der Waals surface area contributed by atoms with Crippen molar-refractivity contribution < 1.29 is 15.0 Å². The summed E-state index contributed by atoms with van der Waals surface area (Å²) in [5, 5.41) is 23.0. The van der Waals surface area contributed by atoms with E-state index in [2.05, 4.69) is 55.6 Å². The number of hydrogen-bond acceptors (Lipinski definition) is 3. The zero-order valence-electron chi connectivity index (χ0n) is 36.2. The van der Waals surface area contributed by atoms with Crippen LogP contribution in [0.3, 0.4) is 0 Å². The highest BCUT2D eigenvalue weighted by molar-refractivity contribution is 5.76. The summed E-state index contributed by atoms with van der Waals surface area (Å²) < 4.78 is 0. The van der Waals surface area contributed by atoms with Crippen molar-refractivity contribution in [2.24, 2.45) is 0 Å². The second-order valence-corrected chi connectivity index (χ2v) is 16.2. The molecule has 1 amide bonds. The van der Waals surface area contributed by atoms with Gasteiger partial charge in [-0.2, -0.15) is 0 Å². The van der Waals surface area contributed by atoms with Crippen LogP contribution >= 0.6 is 0 Å². The SMILES string of the molecule is CCCCCCCC/C=C\CCCCCCCCCC(=O)NC(CO)C(O)/C=C/CC/C=C/CC/C=C/CCCCCCCCCCCCCCCCC. The number of unbranched alkanes of at least 4 members (excludes halogenated alkanes) is 30. The van der Waals surface area contributed by atoms with Gasteiger partial charge in [-0.3, -0.25) is 4.79 Å². The first-order valence-corrected chi connectivity index (χ1v) is 23.9. The monoisotopic (exact) mass is 756 g/mol. The van der Waals surface area contributed by atoms with Gasteiger partial charge in [0.25, 0.3) is 0 Å². The third-order valence-electron chi connectivity index (χ3n) is 10.8. The molecule has 0 aromatic heterocycles. The zero-order valence-corrected chi connectivity index (χ0v) is 36.2. The molecule has 0 spiro atoms. The van der Waals surface area contributed by atoms with Crippen molar-refractivity contribution in [3.63, 3.8) is 0 Å². The first-order valence-electron chi connectivity index (χ1n) is 23.9. The lowest BCUT2D eigenvalue weighted by molar-refractivity contribution is -0.123. The lowest BCUT2D eigenvalue weighted by Gasteiger charge is -2.19. The number of allylic oxidation sites excluding steroid dienone is 7. The molecule has 0 aromatic rings. The van der Waals surface area contributed by atoms with Crippen molar-refractivity contribution in [2.45, 2.75) is 257 Å². The highest BCUT2D eigenvalue weighted by Crippen LogP contribution is 2.15. The molecule has 0 aliphatic heterocycles. The van der Waals surface area contributed by atoms with Crippen molar-refractivity contribution in [2.75, 3.05) is 6.61 Å². The van der Waals surface area contributed by atoms with Crippen LogP contribution in [0.2, 0.25) is 0 Å². The molecule has 3 N–H and O–H groups in total. The van der Waals surface area contributed by atoms with Gasteiger partial charge < -0.3 is 15.5 Å². The van der Waals surface area contributed by atoms with Gasteiger partial charge in [0.15, 0.2) is 0 Å². The van der Waals surface area contributed by atoms with E-state index in [0.717, 1.165) is 38.5 Å². The summed E-state index contributed by atoms with van der Waals surface area (Å²) in [6.07, 6.45) is 62.4. The number of rotatable bonds is 43. The number of carbonyl (C=O) groups is 1. The average molecular weight is 756 g/mol. The molecule has 4 heteroatoms. The molecule has 54 heavy (non-hydrogen) atoms. The Kier molecular flexibility index (Phi) is 44.3. The van der Waals surface area contributed by atoms with E-state index in [1.807, 2.05) is 6.08 Å². The number of aliphatic hydroxyl groups is 2. The minimum Gasteiger partial charge on any atom is -0.394 e. The van der Waals surface area contributed by atoms with E-state index < -0.39 is 12.1 Å². The van der Waals surface area contributed by atoms with Gasteiger partial charge in [0.05, 0.1) is 18.8 Å². The first-order chi connectivity index (χ1) is 26.7. The van der Waals surface area contributed by atoms with Gasteiger partial charge in [-0.25, -0.2) is 0 Å². The maximum Gasteiger partial charge on any atom is 0.220 e. The summed E-state index contributed by atoms with van der Waals surface area (Å²) in [6.45, 7) is 4.30. The minimum absolute atomic E-state index is 0.0824. The Morgan fingerprint density at radius 1 is 0.426 bits per heavy atom. The van der Waals surface area contributed by atoms with E-state index >= 15 is 0 Å². The van der Waals surface area contributed by atoms with Crippen LogP contribution in [0.15, 0.2) is 48.6 Å². The number of aliphatic hydroxyl groups excluding tert-OH is 2. The first kappa shape index (κ1) is 52.3. The molecule has 0 saturated heterocycles. The van der Waals surface area contributed by atoms with Gasteiger partial charge in [0.1, 0.15) is 0 Å². The molecule has 316 valence electrons. The third kappa shape index (κ3) is 41.5. The molecule has 2 unspecified atom stereocenters. The molecule has 4 nitrogen and oxygen atoms in total. The predicted octanol–water partition coefficient (Wildman–Crippen LogP) is 15.1. The third-order valence-corrected chi connectivity index (χ3v) is 10.8. The molecule has 0 radical (unpaired) electrons. The molecule has 0 aliphatic rings. The molecule has 0 heterocycles. The van der Waals surface area contributed by atoms with Crippen LogP contribution in [0, 0.1) is 0 Å². The van der Waals surface area contributed by atoms with Crippen LogP contribution in [-0.2, 0) is 4.79 Å². The topological polar surface area (TPSA) is 69.6 Å². The fourth-order valence-electron chi connectivity index (χ4n) is 7.09. The van der Waals surface area contributed by atoms with Gasteiger partial charge in [-0.15, -0.1) is 0 Å². The normalized spacial score (nSPS) is 13.3. The summed E-state index contributed by atoms with van der Waals surface area (Å²) >= 11 is 0. The fraction of sp³-hybridized carbons (Fsp3) is 0.820. The molecule has 0 fully saturated rings. The van der Waals surface area contributed by atoms with Crippen LogP contribution in [0.5, 0.6) is 0 Å². The lowest BCUT2D eigenvalue weighted by Crippen LogP contribution is -2.45. The standard InChI is InChI=1S/C50H93NO3/c1-3-5-7-9-11-13-15-17-19-21-22-23-24-25-26-27-28-30-31-33-35-37-39-41-43-45-49(53)48(47-52)51-50(54)46-44-42-40-38-36-34-32-29-20-18-16-14-12-10-8-6-4-2/h18,20,28,30,35,37,43,45,48-49,52-53H,3-17,19,21-27,29,31-34,36,38-42,44,46-47H2,1-2H3,(H,51,54)/b20-18-,30-28+,37-35+,45-43+. The Morgan fingerprint density at radius 2 is 0.722 bits per heavy atom. The highest BCUT2D eigenvalue weighted by atomic mass is 16.3. The van der Waals surface area contributed by atoms with Gasteiger partial charge in [-0.1, -0.05) is 217 Å². The molecule has 2 atom stereocenters. The maximum atomic E-state index is 12.4. The predicted molar refractivity (Wildman–Crippen MR) is 239 cm³/mol. The molecular formula is C50H93NO3. The minimum atomic E-state index is -0.872. The molecule has 0 aromatic carbocycles. The Hall–Kier alpha value is -1.65. The molecule has 0 rings (SSSR count). The largest absolute Gasteiger partial charge is 0.394 e. The van der Waals surface area contributed by atoms with E-state index in [1.165, 1.54) is 186 Å². The van der Waals surface area contributed by atoms with Crippen molar-refractivity contribution in [1.82, 2.24) is 5.32 Å². The van der Waals surface area contributed by atoms with Gasteiger partial charge in [0, 0.05) is 6.42 Å². The Balaban J connectivity index is 3.62. The van der Waals surface area contributed by atoms with Gasteiger partial charge in [-0.05, 0) is 70.6 Å². The van der Waals surface area contributed by atoms with Gasteiger partial charge in [0.2, 0.25) is 5.91 Å². The highest BCUT2D eigenvalue weighted by Gasteiger charge is 2.17. The number of nitrogens with one attached hydrogen (secondary N) is 1. The molecular weight excluding hydrogens is 663 g/mol. The number of carbonyl (C=O) groups excluding carboxylic acids is 1. The van der Waals surface area contributed by atoms with E-state index in [0.29, 0.717) is 6.42 Å². The summed E-state index contributed by atoms with van der Waals surface area (Å²) in [6, 6.07) is -0.648. The van der Waals surface area contributed by atoms with E-state index in [1.54, 1.807) is 6.08 Å². The molecule has 0 saturated carbocycles. The maximum absolute atomic E-state index is 12.4. The average Bonchev–Trinajstić information content (AvgIpc) is 3.18. The van der Waals surface area contributed by atoms with Crippen LogP contribution in [0.25, 0.3) is 0 Å². The number of amides is 1. The van der Waals surface area contributed by atoms with Crippen molar-refractivity contribution in [1.29, 1.82) is 0 Å². The zero-order chi connectivity index (χ0) is 39.3. The molecule has 0 bridgehead atoms. The van der Waals surface area contributed by atoms with E-state index in [4.69, 9.17) is 0 Å². The summed E-state index contributed by atoms with van der Waals surface area (Å²) in [5.74, 6) is -0.0824. The smallest absolute Gasteiger partial charge is 0.220 e. The Labute approximate surface area is 337 Å². The van der Waals surface area contributed by atoms with Crippen molar-refractivity contribution >= 4 is 5.91 Å². The van der Waals surface area contributed by atoms with Crippen molar-refractivity contribution in [3.05, 3.63) is 48.6 Å². The summed E-state index contributed by atoms with van der Waals surface area (Å²) in [5.41, 5.74) is 0. The van der Waals surface area contributed by atoms with Gasteiger partial charge >= 0.3 is 0 Å². The van der Waals surface area contributed by atoms with Crippen LogP contribution in [-0.4, -0.2) is 34.9 Å². The quantitative estimate of drug-likeness (QED) is 0.0429. The Morgan fingerprint density at radius 3 is 1.07 bits per heavy atom. The lowest BCUT2D eigenvalue weighted by atomic mass is 10.0. The Bertz CT molecular complexity index is 862. The second-order valence-electron chi connectivity index (χ2n) is 16.2. The fourth-order valence-corrected chi connectivity index (χ4v) is 7.09. The second kappa shape index (κ2) is 45.7. The van der Waals surface area contributed by atoms with Crippen LogP contribution < -0.4 is 5.32 Å². The van der Waals surface area contributed by atoms with Crippen LogP contribution in [0.4, 0.5) is 0 Å².